The molecular formula is C19H19FN2O5. The maximum atomic E-state index is 13.3. The van der Waals surface area contributed by atoms with Crippen molar-refractivity contribution in [1.82, 2.24) is 0 Å². The van der Waals surface area contributed by atoms with Crippen LogP contribution in [0.5, 0.6) is 0 Å². The van der Waals surface area contributed by atoms with Crippen molar-refractivity contribution in [3.05, 3.63) is 58.6 Å². The number of nitriles is 1. The molecule has 0 aliphatic carbocycles. The zero-order valence-electron chi connectivity index (χ0n) is 15.0. The van der Waals surface area contributed by atoms with Gasteiger partial charge in [-0.3, -0.25) is 9.59 Å². The van der Waals surface area contributed by atoms with E-state index in [2.05, 4.69) is 0 Å². The largest absolute Gasteiger partial charge is 0.487 e. The highest BCUT2D eigenvalue weighted by atomic mass is 19.1. The molecule has 1 aromatic rings. The van der Waals surface area contributed by atoms with Crippen molar-refractivity contribution in [2.45, 2.75) is 26.2 Å². The van der Waals surface area contributed by atoms with Crippen LogP contribution < -0.4 is 5.73 Å². The SMILES string of the molecule is CCOC(=O)CC1=C(OCC)C(=O)C(c2ccc(F)cc2)C(C#N)=C(N)O1. The van der Waals surface area contributed by atoms with Gasteiger partial charge in [-0.2, -0.15) is 5.26 Å². The summed E-state index contributed by atoms with van der Waals surface area (Å²) < 4.78 is 29.0. The average molecular weight is 374 g/mol. The first kappa shape index (κ1) is 20.0. The molecular weight excluding hydrogens is 355 g/mol. The summed E-state index contributed by atoms with van der Waals surface area (Å²) in [5, 5.41) is 9.51. The summed E-state index contributed by atoms with van der Waals surface area (Å²) in [5.41, 5.74) is 6.07. The van der Waals surface area contributed by atoms with E-state index in [1.807, 2.05) is 6.07 Å². The summed E-state index contributed by atoms with van der Waals surface area (Å²) in [6, 6.07) is 6.96. The van der Waals surface area contributed by atoms with Gasteiger partial charge in [-0.15, -0.1) is 0 Å². The molecule has 1 aromatic carbocycles. The predicted octanol–water partition coefficient (Wildman–Crippen LogP) is 2.40. The summed E-state index contributed by atoms with van der Waals surface area (Å²) in [7, 11) is 0. The Morgan fingerprint density at radius 3 is 2.52 bits per heavy atom. The van der Waals surface area contributed by atoms with E-state index in [9.17, 15) is 19.2 Å². The Morgan fingerprint density at radius 2 is 1.96 bits per heavy atom. The van der Waals surface area contributed by atoms with Crippen LogP contribution in [0.4, 0.5) is 4.39 Å². The molecule has 0 aromatic heterocycles. The third-order valence-electron chi connectivity index (χ3n) is 3.75. The maximum Gasteiger partial charge on any atom is 0.313 e. The molecule has 1 heterocycles. The molecule has 0 bridgehead atoms. The smallest absolute Gasteiger partial charge is 0.313 e. The summed E-state index contributed by atoms with van der Waals surface area (Å²) in [4.78, 5) is 25.0. The van der Waals surface area contributed by atoms with Gasteiger partial charge in [0.25, 0.3) is 0 Å². The van der Waals surface area contributed by atoms with Crippen LogP contribution in [-0.4, -0.2) is 25.0 Å². The number of halogens is 1. The molecule has 8 heteroatoms. The second-order valence-corrected chi connectivity index (χ2v) is 5.51. The quantitative estimate of drug-likeness (QED) is 0.761. The van der Waals surface area contributed by atoms with Crippen LogP contribution in [0, 0.1) is 17.1 Å². The minimum absolute atomic E-state index is 0.120. The maximum absolute atomic E-state index is 13.3. The molecule has 27 heavy (non-hydrogen) atoms. The van der Waals surface area contributed by atoms with Crippen LogP contribution in [0.15, 0.2) is 47.2 Å². The van der Waals surface area contributed by atoms with Crippen molar-refractivity contribution in [2.24, 2.45) is 5.73 Å². The molecule has 1 atom stereocenters. The van der Waals surface area contributed by atoms with Gasteiger partial charge in [0.2, 0.25) is 17.4 Å². The van der Waals surface area contributed by atoms with E-state index in [0.717, 1.165) is 0 Å². The van der Waals surface area contributed by atoms with Crippen molar-refractivity contribution >= 4 is 11.8 Å². The van der Waals surface area contributed by atoms with E-state index in [1.54, 1.807) is 13.8 Å². The highest BCUT2D eigenvalue weighted by molar-refractivity contribution is 6.02. The van der Waals surface area contributed by atoms with Crippen LogP contribution in [0.1, 0.15) is 31.7 Å². The van der Waals surface area contributed by atoms with Crippen LogP contribution in [0.3, 0.4) is 0 Å². The number of carbonyl (C=O) groups is 2. The molecule has 1 unspecified atom stereocenters. The predicted molar refractivity (Wildman–Crippen MR) is 92.0 cm³/mol. The summed E-state index contributed by atoms with van der Waals surface area (Å²) in [5.74, 6) is -3.55. The Balaban J connectivity index is 2.58. The van der Waals surface area contributed by atoms with Gasteiger partial charge in [-0.05, 0) is 31.5 Å². The van der Waals surface area contributed by atoms with Gasteiger partial charge in [-0.1, -0.05) is 12.1 Å². The minimum Gasteiger partial charge on any atom is -0.487 e. The van der Waals surface area contributed by atoms with E-state index in [4.69, 9.17) is 19.9 Å². The van der Waals surface area contributed by atoms with Crippen LogP contribution in [0.25, 0.3) is 0 Å². The highest BCUT2D eigenvalue weighted by Crippen LogP contribution is 2.35. The van der Waals surface area contributed by atoms with Gasteiger partial charge < -0.3 is 19.9 Å². The molecule has 2 rings (SSSR count). The monoisotopic (exact) mass is 374 g/mol. The molecule has 0 saturated carbocycles. The second-order valence-electron chi connectivity index (χ2n) is 5.51. The number of rotatable bonds is 6. The molecule has 0 fully saturated rings. The fourth-order valence-electron chi connectivity index (χ4n) is 2.62. The first-order chi connectivity index (χ1) is 12.9. The van der Waals surface area contributed by atoms with Gasteiger partial charge in [0, 0.05) is 0 Å². The number of hydrogen-bond donors (Lipinski definition) is 1. The number of benzene rings is 1. The molecule has 1 aliphatic rings. The van der Waals surface area contributed by atoms with Crippen molar-refractivity contribution in [2.75, 3.05) is 13.2 Å². The molecule has 2 N–H and O–H groups in total. The lowest BCUT2D eigenvalue weighted by atomic mass is 9.87. The molecule has 1 aliphatic heterocycles. The van der Waals surface area contributed by atoms with Crippen LogP contribution >= 0.6 is 0 Å². The summed E-state index contributed by atoms with van der Waals surface area (Å²) >= 11 is 0. The summed E-state index contributed by atoms with van der Waals surface area (Å²) in [6.45, 7) is 3.56. The van der Waals surface area contributed by atoms with Gasteiger partial charge in [0.05, 0.1) is 19.1 Å². The van der Waals surface area contributed by atoms with E-state index in [1.165, 1.54) is 24.3 Å². The average Bonchev–Trinajstić information content (AvgIpc) is 2.72. The van der Waals surface area contributed by atoms with Gasteiger partial charge in [0.1, 0.15) is 23.9 Å². The van der Waals surface area contributed by atoms with Gasteiger partial charge >= 0.3 is 5.97 Å². The zero-order valence-corrected chi connectivity index (χ0v) is 15.0. The lowest BCUT2D eigenvalue weighted by Crippen LogP contribution is -2.20. The molecule has 142 valence electrons. The molecule has 0 amide bonds. The number of Topliss-reactive ketones (excluding diaryl/α,β-unsaturated/α-hetero) is 1. The lowest BCUT2D eigenvalue weighted by Gasteiger charge is -2.16. The number of esters is 1. The number of ether oxygens (including phenoxy) is 3. The van der Waals surface area contributed by atoms with Crippen LogP contribution in [0.2, 0.25) is 0 Å². The number of allylic oxidation sites excluding steroid dienone is 2. The normalized spacial score (nSPS) is 17.1. The van der Waals surface area contributed by atoms with E-state index < -0.39 is 23.5 Å². The fraction of sp³-hybridized carbons (Fsp3) is 0.316. The second kappa shape index (κ2) is 8.85. The Labute approximate surface area is 155 Å². The third kappa shape index (κ3) is 4.44. The standard InChI is InChI=1S/C19H19FN2O5/c1-3-25-15(23)9-14-18(26-4-2)17(24)16(13(10-21)19(22)27-14)11-5-7-12(20)8-6-11/h5-8,16H,3-4,9,22H2,1-2H3. The number of nitrogens with two attached hydrogens (primary N) is 1. The third-order valence-corrected chi connectivity index (χ3v) is 3.75. The fourth-order valence-corrected chi connectivity index (χ4v) is 2.62. The number of ketones is 1. The summed E-state index contributed by atoms with van der Waals surface area (Å²) in [6.07, 6.45) is -0.384. The zero-order chi connectivity index (χ0) is 20.0. The molecule has 0 saturated heterocycles. The van der Waals surface area contributed by atoms with Crippen LogP contribution in [-0.2, 0) is 23.8 Å². The Hall–Kier alpha value is -3.34. The first-order valence-corrected chi connectivity index (χ1v) is 8.31. The van der Waals surface area contributed by atoms with Crippen molar-refractivity contribution in [3.63, 3.8) is 0 Å². The Bertz CT molecular complexity index is 837. The van der Waals surface area contributed by atoms with Gasteiger partial charge in [0.15, 0.2) is 5.76 Å². The molecule has 0 spiro atoms. The van der Waals surface area contributed by atoms with E-state index in [0.29, 0.717) is 5.56 Å². The number of carbonyl (C=O) groups excluding carboxylic acids is 2. The lowest BCUT2D eigenvalue weighted by molar-refractivity contribution is -0.143. The van der Waals surface area contributed by atoms with E-state index in [-0.39, 0.29) is 42.6 Å². The first-order valence-electron chi connectivity index (χ1n) is 8.31. The topological polar surface area (TPSA) is 112 Å². The minimum atomic E-state index is -1.14. The number of nitrogens with zero attached hydrogens (tertiary/aromatic N) is 1. The van der Waals surface area contributed by atoms with Gasteiger partial charge in [-0.25, -0.2) is 4.39 Å². The highest BCUT2D eigenvalue weighted by Gasteiger charge is 2.37. The Kier molecular flexibility index (Phi) is 6.55. The number of hydrogen-bond acceptors (Lipinski definition) is 7. The van der Waals surface area contributed by atoms with Crippen molar-refractivity contribution in [3.8, 4) is 6.07 Å². The Morgan fingerprint density at radius 1 is 1.30 bits per heavy atom. The molecule has 7 nitrogen and oxygen atoms in total. The molecule has 0 radical (unpaired) electrons. The van der Waals surface area contributed by atoms with E-state index >= 15 is 0 Å². The van der Waals surface area contributed by atoms with Crippen molar-refractivity contribution in [1.29, 1.82) is 5.26 Å². The van der Waals surface area contributed by atoms with Crippen molar-refractivity contribution < 1.29 is 28.2 Å².